The number of alkyl halides is 3. The number of nitrogens with zero attached hydrogens (tertiary/aromatic N) is 1. The van der Waals surface area contributed by atoms with Crippen LogP contribution in [0.3, 0.4) is 0 Å². The molecule has 0 aliphatic carbocycles. The number of rotatable bonds is 6. The van der Waals surface area contributed by atoms with Crippen LogP contribution in [0.15, 0.2) is 48.5 Å². The number of halogens is 3. The topological polar surface area (TPSA) is 92.8 Å². The van der Waals surface area contributed by atoms with Gasteiger partial charge in [0.1, 0.15) is 6.54 Å². The van der Waals surface area contributed by atoms with Crippen molar-refractivity contribution in [3.8, 4) is 0 Å². The first-order valence-electron chi connectivity index (χ1n) is 8.05. The minimum Gasteiger partial charge on any atom is -0.465 e. The van der Waals surface area contributed by atoms with E-state index in [4.69, 9.17) is 0 Å². The highest BCUT2D eigenvalue weighted by Crippen LogP contribution is 2.31. The molecule has 0 bridgehead atoms. The van der Waals surface area contributed by atoms with Gasteiger partial charge in [-0.25, -0.2) is 13.2 Å². The molecule has 1 amide bonds. The van der Waals surface area contributed by atoms with Crippen molar-refractivity contribution in [3.05, 3.63) is 59.7 Å². The van der Waals surface area contributed by atoms with Crippen LogP contribution in [0.25, 0.3) is 0 Å². The summed E-state index contributed by atoms with van der Waals surface area (Å²) in [4.78, 5) is 23.6. The van der Waals surface area contributed by atoms with E-state index in [1.54, 1.807) is 0 Å². The summed E-state index contributed by atoms with van der Waals surface area (Å²) in [5.41, 5.74) is -0.474. The Kier molecular flexibility index (Phi) is 6.52. The highest BCUT2D eigenvalue weighted by Gasteiger charge is 2.30. The van der Waals surface area contributed by atoms with Crippen molar-refractivity contribution >= 4 is 33.3 Å². The summed E-state index contributed by atoms with van der Waals surface area (Å²) in [5.74, 6) is -1.28. The van der Waals surface area contributed by atoms with E-state index in [1.807, 2.05) is 0 Å². The lowest BCUT2D eigenvalue weighted by Gasteiger charge is -2.22. The predicted octanol–water partition coefficient (Wildman–Crippen LogP) is 2.90. The summed E-state index contributed by atoms with van der Waals surface area (Å²) in [6, 6.07) is 9.08. The Balaban J connectivity index is 2.16. The molecule has 11 heteroatoms. The molecule has 0 spiro atoms. The van der Waals surface area contributed by atoms with Crippen molar-refractivity contribution in [2.45, 2.75) is 6.18 Å². The van der Waals surface area contributed by atoms with Crippen molar-refractivity contribution in [1.82, 2.24) is 0 Å². The Morgan fingerprint density at radius 1 is 1.03 bits per heavy atom. The average Bonchev–Trinajstić information content (AvgIpc) is 2.64. The molecule has 0 saturated carbocycles. The third-order valence-electron chi connectivity index (χ3n) is 3.76. The predicted molar refractivity (Wildman–Crippen MR) is 100 cm³/mol. The van der Waals surface area contributed by atoms with Crippen molar-refractivity contribution < 1.29 is 35.9 Å². The second-order valence-corrected chi connectivity index (χ2v) is 7.84. The van der Waals surface area contributed by atoms with Gasteiger partial charge in [-0.1, -0.05) is 0 Å². The van der Waals surface area contributed by atoms with Crippen LogP contribution in [0, 0.1) is 0 Å². The maximum absolute atomic E-state index is 12.7. The molecule has 0 heterocycles. The minimum absolute atomic E-state index is 0.0864. The van der Waals surface area contributed by atoms with E-state index in [2.05, 4.69) is 10.1 Å². The molecule has 0 aromatic heterocycles. The number of benzene rings is 2. The van der Waals surface area contributed by atoms with E-state index in [0.717, 1.165) is 30.5 Å². The van der Waals surface area contributed by atoms with Crippen molar-refractivity contribution in [2.24, 2.45) is 0 Å². The van der Waals surface area contributed by atoms with Crippen molar-refractivity contribution in [1.29, 1.82) is 0 Å². The lowest BCUT2D eigenvalue weighted by Crippen LogP contribution is -2.37. The van der Waals surface area contributed by atoms with Crippen LogP contribution < -0.4 is 9.62 Å². The van der Waals surface area contributed by atoms with Gasteiger partial charge in [-0.15, -0.1) is 0 Å². The highest BCUT2D eigenvalue weighted by molar-refractivity contribution is 7.92. The quantitative estimate of drug-likeness (QED) is 0.712. The smallest absolute Gasteiger partial charge is 0.416 e. The fraction of sp³-hybridized carbons (Fsp3) is 0.222. The molecule has 0 radical (unpaired) electrons. The van der Waals surface area contributed by atoms with E-state index in [1.165, 1.54) is 31.4 Å². The number of anilines is 2. The van der Waals surface area contributed by atoms with Crippen molar-refractivity contribution in [2.75, 3.05) is 29.5 Å². The molecule has 2 aromatic carbocycles. The van der Waals surface area contributed by atoms with Gasteiger partial charge in [0.05, 0.1) is 30.2 Å². The molecule has 0 saturated heterocycles. The minimum atomic E-state index is -4.57. The van der Waals surface area contributed by atoms with Crippen LogP contribution in [0.4, 0.5) is 24.5 Å². The van der Waals surface area contributed by atoms with Gasteiger partial charge in [0.25, 0.3) is 0 Å². The number of methoxy groups -OCH3 is 1. The molecule has 2 rings (SSSR count). The number of carbonyl (C=O) groups is 2. The Labute approximate surface area is 165 Å². The van der Waals surface area contributed by atoms with E-state index in [9.17, 15) is 31.2 Å². The fourth-order valence-electron chi connectivity index (χ4n) is 2.36. The molecule has 0 aliphatic heterocycles. The molecule has 156 valence electrons. The van der Waals surface area contributed by atoms with Gasteiger partial charge in [0.2, 0.25) is 15.9 Å². The number of hydrogen-bond acceptors (Lipinski definition) is 5. The van der Waals surface area contributed by atoms with Gasteiger partial charge >= 0.3 is 12.1 Å². The first-order valence-corrected chi connectivity index (χ1v) is 9.90. The summed E-state index contributed by atoms with van der Waals surface area (Å²) < 4.78 is 67.3. The van der Waals surface area contributed by atoms with Crippen LogP contribution in [0.1, 0.15) is 15.9 Å². The lowest BCUT2D eigenvalue weighted by molar-refractivity contribution is -0.137. The number of amides is 1. The Bertz CT molecular complexity index is 988. The number of hydrogen-bond donors (Lipinski definition) is 1. The molecule has 2 aromatic rings. The molecular formula is C18H17F3N2O5S. The monoisotopic (exact) mass is 430 g/mol. The fourth-order valence-corrected chi connectivity index (χ4v) is 3.21. The van der Waals surface area contributed by atoms with E-state index in [0.29, 0.717) is 9.99 Å². The number of nitrogens with one attached hydrogen (secondary N) is 1. The van der Waals surface area contributed by atoms with Crippen LogP contribution in [-0.4, -0.2) is 40.2 Å². The lowest BCUT2D eigenvalue weighted by atomic mass is 10.2. The second-order valence-electron chi connectivity index (χ2n) is 5.93. The first kappa shape index (κ1) is 22.2. The number of ether oxygens (including phenoxy) is 1. The summed E-state index contributed by atoms with van der Waals surface area (Å²) in [6.07, 6.45) is -3.73. The molecule has 0 atom stereocenters. The highest BCUT2D eigenvalue weighted by atomic mass is 32.2. The Morgan fingerprint density at radius 3 is 2.03 bits per heavy atom. The third kappa shape index (κ3) is 5.95. The van der Waals surface area contributed by atoms with Crippen molar-refractivity contribution in [3.63, 3.8) is 0 Å². The van der Waals surface area contributed by atoms with Gasteiger partial charge < -0.3 is 10.1 Å². The number of esters is 1. The summed E-state index contributed by atoms with van der Waals surface area (Å²) in [5, 5.41) is 2.46. The van der Waals surface area contributed by atoms with Crippen LogP contribution >= 0.6 is 0 Å². The maximum Gasteiger partial charge on any atom is 0.416 e. The van der Waals surface area contributed by atoms with E-state index < -0.39 is 40.2 Å². The van der Waals surface area contributed by atoms with Crippen LogP contribution in [0.2, 0.25) is 0 Å². The summed E-state index contributed by atoms with van der Waals surface area (Å²) >= 11 is 0. The number of carbonyl (C=O) groups excluding carboxylic acids is 2. The summed E-state index contributed by atoms with van der Waals surface area (Å²) in [6.45, 7) is -0.650. The van der Waals surface area contributed by atoms with Gasteiger partial charge in [-0.2, -0.15) is 13.2 Å². The largest absolute Gasteiger partial charge is 0.465 e. The zero-order valence-corrected chi connectivity index (χ0v) is 16.2. The van der Waals surface area contributed by atoms with Crippen LogP contribution in [0.5, 0.6) is 0 Å². The molecule has 0 fully saturated rings. The summed E-state index contributed by atoms with van der Waals surface area (Å²) in [7, 11) is -2.72. The third-order valence-corrected chi connectivity index (χ3v) is 4.90. The molecular weight excluding hydrogens is 413 g/mol. The van der Waals surface area contributed by atoms with Crippen LogP contribution in [-0.2, 0) is 25.7 Å². The molecule has 0 unspecified atom stereocenters. The van der Waals surface area contributed by atoms with E-state index in [-0.39, 0.29) is 11.3 Å². The molecule has 7 nitrogen and oxygen atoms in total. The second kappa shape index (κ2) is 8.52. The average molecular weight is 430 g/mol. The Hall–Kier alpha value is -3.08. The Morgan fingerprint density at radius 2 is 1.59 bits per heavy atom. The zero-order valence-electron chi connectivity index (χ0n) is 15.4. The first-order chi connectivity index (χ1) is 13.4. The maximum atomic E-state index is 12.7. The van der Waals surface area contributed by atoms with Gasteiger partial charge in [-0.05, 0) is 48.5 Å². The SMILES string of the molecule is COC(=O)c1ccc(NC(=O)CN(c2ccc(C(F)(F)F)cc2)S(C)(=O)=O)cc1. The van der Waals surface area contributed by atoms with Gasteiger partial charge in [0.15, 0.2) is 0 Å². The molecule has 29 heavy (non-hydrogen) atoms. The normalized spacial score (nSPS) is 11.6. The zero-order chi connectivity index (χ0) is 21.8. The molecule has 1 N–H and O–H groups in total. The standard InChI is InChI=1S/C18H17F3N2O5S/c1-28-17(25)12-3-7-14(8-4-12)22-16(24)11-23(29(2,26)27)15-9-5-13(6-10-15)18(19,20)21/h3-10H,11H2,1-2H3,(H,22,24). The van der Waals surface area contributed by atoms with Gasteiger partial charge in [0, 0.05) is 5.69 Å². The number of sulfonamides is 1. The molecule has 0 aliphatic rings. The van der Waals surface area contributed by atoms with Gasteiger partial charge in [-0.3, -0.25) is 9.10 Å². The van der Waals surface area contributed by atoms with E-state index >= 15 is 0 Å².